The van der Waals surface area contributed by atoms with Gasteiger partial charge in [0.05, 0.1) is 0 Å². The highest BCUT2D eigenvalue weighted by molar-refractivity contribution is 5.36. The van der Waals surface area contributed by atoms with E-state index in [9.17, 15) is 0 Å². The van der Waals surface area contributed by atoms with Crippen molar-refractivity contribution >= 4 is 5.82 Å². The van der Waals surface area contributed by atoms with E-state index in [-0.39, 0.29) is 0 Å². The van der Waals surface area contributed by atoms with Crippen molar-refractivity contribution < 1.29 is 0 Å². The molecule has 1 aliphatic rings. The second kappa shape index (κ2) is 7.09. The van der Waals surface area contributed by atoms with Gasteiger partial charge in [-0.15, -0.1) is 13.2 Å². The van der Waals surface area contributed by atoms with Gasteiger partial charge in [-0.3, -0.25) is 0 Å². The van der Waals surface area contributed by atoms with E-state index >= 15 is 0 Å². The Kier molecular flexibility index (Phi) is 6.41. The molecule has 0 radical (unpaired) electrons. The van der Waals surface area contributed by atoms with Crippen LogP contribution in [0.1, 0.15) is 17.7 Å². The lowest BCUT2D eigenvalue weighted by atomic mass is 10.2. The van der Waals surface area contributed by atoms with E-state index in [2.05, 4.69) is 29.9 Å². The van der Waals surface area contributed by atoms with E-state index in [0.29, 0.717) is 5.82 Å². The number of nitrogen functional groups attached to an aromatic ring is 1. The average molecular weight is 193 g/mol. The van der Waals surface area contributed by atoms with E-state index in [1.165, 1.54) is 31.1 Å². The first-order valence-corrected chi connectivity index (χ1v) is 4.68. The molecule has 4 N–H and O–H groups in total. The molecule has 0 unspecified atom stereocenters. The van der Waals surface area contributed by atoms with Crippen molar-refractivity contribution in [2.45, 2.75) is 19.3 Å². The Hall–Kier alpha value is -1.35. The summed E-state index contributed by atoms with van der Waals surface area (Å²) in [4.78, 5) is 4.23. The molecule has 0 bridgehead atoms. The van der Waals surface area contributed by atoms with Crippen LogP contribution in [0, 0.1) is 0 Å². The van der Waals surface area contributed by atoms with Gasteiger partial charge >= 0.3 is 0 Å². The highest BCUT2D eigenvalue weighted by atomic mass is 14.8. The molecular weight excluding hydrogens is 174 g/mol. The van der Waals surface area contributed by atoms with Crippen LogP contribution in [0.3, 0.4) is 0 Å². The van der Waals surface area contributed by atoms with Crippen LogP contribution in [0.2, 0.25) is 0 Å². The molecule has 1 aromatic rings. The summed E-state index contributed by atoms with van der Waals surface area (Å²) in [6.07, 6.45) is 3.54. The molecule has 0 aliphatic heterocycles. The molecule has 0 atom stereocenters. The average Bonchev–Trinajstić information content (AvgIpc) is 2.71. The van der Waals surface area contributed by atoms with Crippen molar-refractivity contribution in [1.82, 2.24) is 4.98 Å². The first kappa shape index (κ1) is 12.7. The summed E-state index contributed by atoms with van der Waals surface area (Å²) in [6, 6.07) is 3.97. The van der Waals surface area contributed by atoms with Gasteiger partial charge in [-0.1, -0.05) is 6.07 Å². The summed E-state index contributed by atoms with van der Waals surface area (Å²) in [5.74, 6) is 0.653. The molecular formula is C11H19N3. The number of anilines is 1. The van der Waals surface area contributed by atoms with E-state index in [0.717, 1.165) is 6.42 Å². The van der Waals surface area contributed by atoms with Gasteiger partial charge in [-0.2, -0.15) is 0 Å². The molecule has 0 aromatic carbocycles. The number of rotatable bonds is 0. The number of hydrogen-bond acceptors (Lipinski definition) is 3. The van der Waals surface area contributed by atoms with Crippen LogP contribution in [-0.2, 0) is 12.8 Å². The van der Waals surface area contributed by atoms with Crippen LogP contribution in [0.25, 0.3) is 0 Å². The number of nitrogens with two attached hydrogens (primary N) is 2. The maximum absolute atomic E-state index is 5.52. The third kappa shape index (κ3) is 3.18. The Morgan fingerprint density at radius 2 is 1.86 bits per heavy atom. The van der Waals surface area contributed by atoms with Gasteiger partial charge in [0.15, 0.2) is 0 Å². The first-order valence-electron chi connectivity index (χ1n) is 4.68. The van der Waals surface area contributed by atoms with Gasteiger partial charge in [-0.05, 0) is 37.9 Å². The van der Waals surface area contributed by atoms with Gasteiger partial charge in [0.1, 0.15) is 5.82 Å². The fourth-order valence-corrected chi connectivity index (χ4v) is 1.44. The van der Waals surface area contributed by atoms with Crippen molar-refractivity contribution in [3.63, 3.8) is 0 Å². The number of hydrogen-bond donors (Lipinski definition) is 2. The molecule has 0 saturated carbocycles. The predicted octanol–water partition coefficient (Wildman–Crippen LogP) is 1.53. The summed E-state index contributed by atoms with van der Waals surface area (Å²) >= 11 is 0. The summed E-state index contributed by atoms with van der Waals surface area (Å²) < 4.78 is 0. The normalized spacial score (nSPS) is 11.6. The minimum absolute atomic E-state index is 0.653. The summed E-state index contributed by atoms with van der Waals surface area (Å²) in [5, 5.41) is 0. The lowest BCUT2D eigenvalue weighted by molar-refractivity contribution is 0.900. The van der Waals surface area contributed by atoms with E-state index < -0.39 is 0 Å². The number of aromatic nitrogens is 1. The molecule has 78 valence electrons. The Bertz CT molecular complexity index is 271. The number of pyridine rings is 1. The van der Waals surface area contributed by atoms with Crippen LogP contribution < -0.4 is 11.5 Å². The molecule has 3 nitrogen and oxygen atoms in total. The second-order valence-electron chi connectivity index (χ2n) is 2.70. The molecule has 0 fully saturated rings. The largest absolute Gasteiger partial charge is 0.384 e. The highest BCUT2D eigenvalue weighted by Crippen LogP contribution is 2.20. The van der Waals surface area contributed by atoms with E-state index in [4.69, 9.17) is 5.73 Å². The third-order valence-corrected chi connectivity index (χ3v) is 1.95. The lowest BCUT2D eigenvalue weighted by Gasteiger charge is -1.97. The fourth-order valence-electron chi connectivity index (χ4n) is 1.44. The van der Waals surface area contributed by atoms with Crippen LogP contribution in [0.4, 0.5) is 5.82 Å². The van der Waals surface area contributed by atoms with Crippen molar-refractivity contribution in [2.24, 2.45) is 5.73 Å². The maximum atomic E-state index is 5.52. The SMILES string of the molecule is C=C.CN.Nc1ccc2c(n1)CCC2. The van der Waals surface area contributed by atoms with Gasteiger partial charge in [0.25, 0.3) is 0 Å². The second-order valence-corrected chi connectivity index (χ2v) is 2.70. The fraction of sp³-hybridized carbons (Fsp3) is 0.364. The monoisotopic (exact) mass is 193 g/mol. The van der Waals surface area contributed by atoms with Gasteiger partial charge in [0.2, 0.25) is 0 Å². The first-order chi connectivity index (χ1) is 6.86. The van der Waals surface area contributed by atoms with Crippen molar-refractivity contribution in [3.8, 4) is 0 Å². The Balaban J connectivity index is 0.000000379. The number of nitrogens with zero attached hydrogens (tertiary/aromatic N) is 1. The molecule has 1 heterocycles. The van der Waals surface area contributed by atoms with Crippen molar-refractivity contribution in [1.29, 1.82) is 0 Å². The predicted molar refractivity (Wildman–Crippen MR) is 62.0 cm³/mol. The van der Waals surface area contributed by atoms with Crippen LogP contribution in [-0.4, -0.2) is 12.0 Å². The Labute approximate surface area is 85.8 Å². The topological polar surface area (TPSA) is 64.9 Å². The molecule has 0 amide bonds. The van der Waals surface area contributed by atoms with Gasteiger partial charge < -0.3 is 11.5 Å². The third-order valence-electron chi connectivity index (χ3n) is 1.95. The molecule has 14 heavy (non-hydrogen) atoms. The standard InChI is InChI=1S/C8H10N2.C2H4.CH5N/c9-8-5-4-6-2-1-3-7(6)10-8;2*1-2/h4-5H,1-3H2,(H2,9,10);1-2H2;2H2,1H3. The summed E-state index contributed by atoms with van der Waals surface area (Å²) in [7, 11) is 1.50. The van der Waals surface area contributed by atoms with Crippen LogP contribution in [0.15, 0.2) is 25.3 Å². The van der Waals surface area contributed by atoms with Crippen molar-refractivity contribution in [2.75, 3.05) is 12.8 Å². The van der Waals surface area contributed by atoms with E-state index in [1.807, 2.05) is 6.07 Å². The highest BCUT2D eigenvalue weighted by Gasteiger charge is 2.10. The molecule has 1 aliphatic carbocycles. The summed E-state index contributed by atoms with van der Waals surface area (Å²) in [6.45, 7) is 6.00. The smallest absolute Gasteiger partial charge is 0.123 e. The lowest BCUT2D eigenvalue weighted by Crippen LogP contribution is -1.93. The molecule has 0 spiro atoms. The minimum atomic E-state index is 0.653. The number of aryl methyl sites for hydroxylation is 2. The maximum Gasteiger partial charge on any atom is 0.123 e. The molecule has 2 rings (SSSR count). The Morgan fingerprint density at radius 1 is 1.21 bits per heavy atom. The minimum Gasteiger partial charge on any atom is -0.384 e. The molecule has 1 aromatic heterocycles. The van der Waals surface area contributed by atoms with Gasteiger partial charge in [0, 0.05) is 5.69 Å². The number of fused-ring (bicyclic) bond motifs is 1. The quantitative estimate of drug-likeness (QED) is 0.614. The van der Waals surface area contributed by atoms with E-state index in [1.54, 1.807) is 0 Å². The van der Waals surface area contributed by atoms with Crippen LogP contribution in [0.5, 0.6) is 0 Å². The molecule has 0 saturated heterocycles. The molecule has 3 heteroatoms. The Morgan fingerprint density at radius 3 is 2.50 bits per heavy atom. The zero-order valence-corrected chi connectivity index (χ0v) is 8.79. The zero-order chi connectivity index (χ0) is 11.0. The van der Waals surface area contributed by atoms with Gasteiger partial charge in [-0.25, -0.2) is 4.98 Å². The zero-order valence-electron chi connectivity index (χ0n) is 8.79. The van der Waals surface area contributed by atoms with Crippen LogP contribution >= 0.6 is 0 Å². The van der Waals surface area contributed by atoms with Crippen molar-refractivity contribution in [3.05, 3.63) is 36.5 Å². The summed E-state index contributed by atoms with van der Waals surface area (Å²) in [5.41, 5.74) is 12.6.